The van der Waals surface area contributed by atoms with Gasteiger partial charge >= 0.3 is 0 Å². The standard InChI is InChI=1S/C63H65N/c1-40(64-57-35-34-44(42-24-15-13-16-25-42)37-49(57)43-26-17-14-18-27-43)36-50-46(59-48-29-20-22-33-52(48)63(11,12)56(59)39-54(50)61(6,7)8)31-23-30-45-41(2)58-47-28-19-21-32-51(47)62(9,10)55(58)38-53(45)60(3,4)5/h13-30,32-39,64H,31H2,1-12H3/b30-23-,40-36-. The van der Waals surface area contributed by atoms with Crippen LogP contribution < -0.4 is 5.32 Å². The van der Waals surface area contributed by atoms with Crippen molar-refractivity contribution < 1.29 is 0 Å². The van der Waals surface area contributed by atoms with Gasteiger partial charge in [-0.3, -0.25) is 0 Å². The van der Waals surface area contributed by atoms with Crippen molar-refractivity contribution in [2.24, 2.45) is 0 Å². The first-order valence-electron chi connectivity index (χ1n) is 23.3. The summed E-state index contributed by atoms with van der Waals surface area (Å²) >= 11 is 0. The Morgan fingerprint density at radius 2 is 1.02 bits per heavy atom. The quantitative estimate of drug-likeness (QED) is 0.161. The fraction of sp³-hybridized carbons (Fsp3) is 0.270. The molecule has 0 aromatic heterocycles. The zero-order valence-corrected chi connectivity index (χ0v) is 40.2. The Balaban J connectivity index is 1.22. The van der Waals surface area contributed by atoms with Gasteiger partial charge in [0.25, 0.3) is 0 Å². The lowest BCUT2D eigenvalue weighted by Gasteiger charge is -2.30. The Labute approximate surface area is 384 Å². The molecule has 0 fully saturated rings. The van der Waals surface area contributed by atoms with Crippen molar-refractivity contribution >= 4 is 17.8 Å². The number of benzene rings is 7. The molecule has 0 bridgehead atoms. The van der Waals surface area contributed by atoms with Crippen molar-refractivity contribution in [2.45, 2.75) is 111 Å². The van der Waals surface area contributed by atoms with Gasteiger partial charge in [-0.25, -0.2) is 0 Å². The van der Waals surface area contributed by atoms with E-state index in [0.717, 1.165) is 17.8 Å². The van der Waals surface area contributed by atoms with Crippen LogP contribution in [0.15, 0.2) is 151 Å². The predicted molar refractivity (Wildman–Crippen MR) is 277 cm³/mol. The van der Waals surface area contributed by atoms with Crippen LogP contribution in [0.5, 0.6) is 0 Å². The van der Waals surface area contributed by atoms with Crippen molar-refractivity contribution in [1.29, 1.82) is 0 Å². The van der Waals surface area contributed by atoms with E-state index in [2.05, 4.69) is 246 Å². The average molecular weight is 836 g/mol. The number of hydrogen-bond acceptors (Lipinski definition) is 1. The molecule has 0 heterocycles. The molecule has 7 aromatic rings. The van der Waals surface area contributed by atoms with Crippen LogP contribution in [0.1, 0.15) is 132 Å². The number of nitrogens with one attached hydrogen (secondary N) is 1. The smallest absolute Gasteiger partial charge is 0.0461 e. The van der Waals surface area contributed by atoms with Crippen LogP contribution in [0.4, 0.5) is 5.69 Å². The first-order chi connectivity index (χ1) is 30.4. The Kier molecular flexibility index (Phi) is 10.6. The number of fused-ring (bicyclic) bond motifs is 6. The van der Waals surface area contributed by atoms with Crippen LogP contribution >= 0.6 is 0 Å². The molecule has 2 aliphatic carbocycles. The Morgan fingerprint density at radius 1 is 0.516 bits per heavy atom. The van der Waals surface area contributed by atoms with Crippen LogP contribution in [-0.2, 0) is 28.1 Å². The molecule has 64 heavy (non-hydrogen) atoms. The van der Waals surface area contributed by atoms with E-state index >= 15 is 0 Å². The summed E-state index contributed by atoms with van der Waals surface area (Å²) in [5.41, 5.74) is 26.2. The SMILES string of the molecule is C/C(=C/c1c(C(C)(C)C)cc2c(c1C/C=C\c1c(C(C)(C)C)cc3c(c1C)-c1ccccc1C3(C)C)-c1ccccc1C2(C)C)Nc1ccc(-c2ccccc2)cc1-c1ccccc1. The molecule has 2 aliphatic rings. The Morgan fingerprint density at radius 3 is 1.59 bits per heavy atom. The maximum atomic E-state index is 3.94. The fourth-order valence-corrected chi connectivity index (χ4v) is 10.9. The largest absolute Gasteiger partial charge is 0.359 e. The van der Waals surface area contributed by atoms with E-state index in [-0.39, 0.29) is 21.7 Å². The second-order valence-electron chi connectivity index (χ2n) is 21.5. The zero-order chi connectivity index (χ0) is 45.3. The van der Waals surface area contributed by atoms with Crippen LogP contribution in [0, 0.1) is 6.92 Å². The summed E-state index contributed by atoms with van der Waals surface area (Å²) in [4.78, 5) is 0. The molecular formula is C63H65N. The maximum Gasteiger partial charge on any atom is 0.0461 e. The van der Waals surface area contributed by atoms with Crippen molar-refractivity contribution in [1.82, 2.24) is 0 Å². The number of rotatable bonds is 8. The van der Waals surface area contributed by atoms with Gasteiger partial charge in [0.2, 0.25) is 0 Å². The van der Waals surface area contributed by atoms with E-state index in [1.54, 1.807) is 0 Å². The van der Waals surface area contributed by atoms with E-state index in [1.165, 1.54) is 100 Å². The van der Waals surface area contributed by atoms with E-state index in [1.807, 2.05) is 0 Å². The third-order valence-electron chi connectivity index (χ3n) is 14.3. The lowest BCUT2D eigenvalue weighted by atomic mass is 9.74. The molecule has 0 atom stereocenters. The monoisotopic (exact) mass is 836 g/mol. The summed E-state index contributed by atoms with van der Waals surface area (Å²) in [7, 11) is 0. The molecule has 1 N–H and O–H groups in total. The third-order valence-corrected chi connectivity index (χ3v) is 14.3. The number of allylic oxidation sites excluding steroid dienone is 2. The molecule has 1 nitrogen and oxygen atoms in total. The minimum atomic E-state index is -0.124. The molecule has 322 valence electrons. The third kappa shape index (κ3) is 7.37. The van der Waals surface area contributed by atoms with Gasteiger partial charge in [-0.1, -0.05) is 209 Å². The van der Waals surface area contributed by atoms with Crippen LogP contribution in [0.3, 0.4) is 0 Å². The number of anilines is 1. The lowest BCUT2D eigenvalue weighted by Crippen LogP contribution is -2.20. The van der Waals surface area contributed by atoms with Crippen molar-refractivity contribution in [3.8, 4) is 44.5 Å². The van der Waals surface area contributed by atoms with E-state index in [9.17, 15) is 0 Å². The van der Waals surface area contributed by atoms with Gasteiger partial charge in [0.05, 0.1) is 0 Å². The molecule has 0 aliphatic heterocycles. The van der Waals surface area contributed by atoms with Gasteiger partial charge in [-0.15, -0.1) is 0 Å². The molecule has 0 radical (unpaired) electrons. The highest BCUT2D eigenvalue weighted by Gasteiger charge is 2.40. The molecular weight excluding hydrogens is 771 g/mol. The summed E-state index contributed by atoms with van der Waals surface area (Å²) in [6.07, 6.45) is 8.18. The summed E-state index contributed by atoms with van der Waals surface area (Å²) in [6, 6.07) is 51.6. The van der Waals surface area contributed by atoms with Crippen LogP contribution in [0.2, 0.25) is 0 Å². The highest BCUT2D eigenvalue weighted by atomic mass is 14.9. The lowest BCUT2D eigenvalue weighted by molar-refractivity contribution is 0.582. The summed E-state index contributed by atoms with van der Waals surface area (Å²) in [5, 5.41) is 3.94. The van der Waals surface area contributed by atoms with Gasteiger partial charge in [0.15, 0.2) is 0 Å². The highest BCUT2D eigenvalue weighted by molar-refractivity contribution is 5.90. The molecule has 1 heteroatoms. The Hall–Kier alpha value is -6.18. The van der Waals surface area contributed by atoms with Gasteiger partial charge < -0.3 is 5.32 Å². The second kappa shape index (κ2) is 15.8. The molecule has 7 aromatic carbocycles. The first kappa shape index (κ1) is 43.1. The van der Waals surface area contributed by atoms with E-state index in [0.29, 0.717) is 0 Å². The minimum absolute atomic E-state index is 0.0325. The molecule has 0 saturated heterocycles. The summed E-state index contributed by atoms with van der Waals surface area (Å²) in [5.74, 6) is 0. The first-order valence-corrected chi connectivity index (χ1v) is 23.3. The van der Waals surface area contributed by atoms with Gasteiger partial charge in [-0.2, -0.15) is 0 Å². The number of hydrogen-bond donors (Lipinski definition) is 1. The maximum absolute atomic E-state index is 3.94. The summed E-state index contributed by atoms with van der Waals surface area (Å²) < 4.78 is 0. The van der Waals surface area contributed by atoms with Crippen molar-refractivity contribution in [2.75, 3.05) is 5.32 Å². The molecule has 0 unspecified atom stereocenters. The Bertz CT molecular complexity index is 2990. The van der Waals surface area contributed by atoms with E-state index in [4.69, 9.17) is 0 Å². The van der Waals surface area contributed by atoms with Crippen molar-refractivity contribution in [3.05, 3.63) is 207 Å². The van der Waals surface area contributed by atoms with Gasteiger partial charge in [-0.05, 0) is 144 Å². The summed E-state index contributed by atoms with van der Waals surface area (Å²) in [6.45, 7) is 28.5. The second-order valence-corrected chi connectivity index (χ2v) is 21.5. The topological polar surface area (TPSA) is 12.0 Å². The van der Waals surface area contributed by atoms with Gasteiger partial charge in [0, 0.05) is 27.8 Å². The molecule has 0 spiro atoms. The molecule has 0 amide bonds. The normalized spacial score (nSPS) is 14.9. The highest BCUT2D eigenvalue weighted by Crippen LogP contribution is 2.54. The van der Waals surface area contributed by atoms with Crippen molar-refractivity contribution in [3.63, 3.8) is 0 Å². The van der Waals surface area contributed by atoms with Gasteiger partial charge in [0.1, 0.15) is 0 Å². The zero-order valence-electron chi connectivity index (χ0n) is 40.2. The predicted octanol–water partition coefficient (Wildman–Crippen LogP) is 17.3. The minimum Gasteiger partial charge on any atom is -0.359 e. The molecule has 0 saturated carbocycles. The molecule has 9 rings (SSSR count). The van der Waals surface area contributed by atoms with Crippen LogP contribution in [-0.4, -0.2) is 0 Å². The fourth-order valence-electron chi connectivity index (χ4n) is 10.9. The van der Waals surface area contributed by atoms with E-state index < -0.39 is 0 Å². The average Bonchev–Trinajstić information content (AvgIpc) is 3.64. The van der Waals surface area contributed by atoms with Crippen LogP contribution in [0.25, 0.3) is 56.7 Å².